The van der Waals surface area contributed by atoms with E-state index in [1.807, 2.05) is 24.3 Å². The normalized spacial score (nSPS) is 23.5. The van der Waals surface area contributed by atoms with Crippen molar-refractivity contribution in [2.24, 2.45) is 0 Å². The highest BCUT2D eigenvalue weighted by atomic mass is 79.9. The van der Waals surface area contributed by atoms with Crippen molar-refractivity contribution in [1.82, 2.24) is 5.32 Å². The molecule has 6 heteroatoms. The van der Waals surface area contributed by atoms with Gasteiger partial charge in [-0.05, 0) is 24.1 Å². The van der Waals surface area contributed by atoms with Crippen LogP contribution in [0.15, 0.2) is 28.7 Å². The molecule has 1 fully saturated rings. The maximum Gasteiger partial charge on any atom is 0.327 e. The summed E-state index contributed by atoms with van der Waals surface area (Å²) in [4.78, 5) is 22.5. The molecule has 1 heterocycles. The summed E-state index contributed by atoms with van der Waals surface area (Å²) in [6.45, 7) is 0. The molecule has 96 valence electrons. The standard InChI is InChI=1S/C12H12BrNO3S/c13-8-3-1-7(2-4-8)5-10-11(15)14-9(6-18-10)12(16)17/h1-4,9-10H,5-6H2,(H,14,15)(H,16,17)/t9-,10-/m1/s1. The molecule has 4 nitrogen and oxygen atoms in total. The van der Waals surface area contributed by atoms with Crippen molar-refractivity contribution in [3.8, 4) is 0 Å². The highest BCUT2D eigenvalue weighted by Crippen LogP contribution is 2.22. The van der Waals surface area contributed by atoms with Crippen LogP contribution in [-0.4, -0.2) is 34.0 Å². The van der Waals surface area contributed by atoms with E-state index >= 15 is 0 Å². The van der Waals surface area contributed by atoms with E-state index in [4.69, 9.17) is 5.11 Å². The van der Waals surface area contributed by atoms with Crippen molar-refractivity contribution < 1.29 is 14.7 Å². The number of hydrogen-bond donors (Lipinski definition) is 2. The van der Waals surface area contributed by atoms with Crippen molar-refractivity contribution in [2.45, 2.75) is 17.7 Å². The zero-order chi connectivity index (χ0) is 13.1. The number of hydrogen-bond acceptors (Lipinski definition) is 3. The van der Waals surface area contributed by atoms with E-state index in [1.54, 1.807) is 0 Å². The van der Waals surface area contributed by atoms with Gasteiger partial charge in [0.05, 0.1) is 5.25 Å². The van der Waals surface area contributed by atoms with Gasteiger partial charge >= 0.3 is 5.97 Å². The topological polar surface area (TPSA) is 66.4 Å². The molecule has 1 aromatic rings. The van der Waals surface area contributed by atoms with Crippen molar-refractivity contribution in [2.75, 3.05) is 5.75 Å². The van der Waals surface area contributed by atoms with Crippen LogP contribution in [-0.2, 0) is 16.0 Å². The number of carbonyl (C=O) groups excluding carboxylic acids is 1. The number of benzene rings is 1. The van der Waals surface area contributed by atoms with Crippen LogP contribution in [0.4, 0.5) is 0 Å². The molecular weight excluding hydrogens is 318 g/mol. The van der Waals surface area contributed by atoms with Crippen LogP contribution in [0.2, 0.25) is 0 Å². The summed E-state index contributed by atoms with van der Waals surface area (Å²) >= 11 is 4.76. The van der Waals surface area contributed by atoms with Gasteiger partial charge in [-0.2, -0.15) is 0 Å². The largest absolute Gasteiger partial charge is 0.480 e. The first-order chi connectivity index (χ1) is 8.56. The molecule has 0 saturated carbocycles. The Kier molecular flexibility index (Phi) is 4.29. The van der Waals surface area contributed by atoms with Gasteiger partial charge in [0.25, 0.3) is 0 Å². The Morgan fingerprint density at radius 3 is 2.67 bits per heavy atom. The monoisotopic (exact) mass is 329 g/mol. The second-order valence-corrected chi connectivity index (χ2v) is 6.20. The Hall–Kier alpha value is -1.01. The summed E-state index contributed by atoms with van der Waals surface area (Å²) in [7, 11) is 0. The molecular formula is C12H12BrNO3S. The second-order valence-electron chi connectivity index (χ2n) is 4.05. The fraction of sp³-hybridized carbons (Fsp3) is 0.333. The minimum Gasteiger partial charge on any atom is -0.480 e. The average molecular weight is 330 g/mol. The van der Waals surface area contributed by atoms with E-state index in [0.717, 1.165) is 10.0 Å². The van der Waals surface area contributed by atoms with Crippen LogP contribution in [0.25, 0.3) is 0 Å². The number of carbonyl (C=O) groups is 2. The van der Waals surface area contributed by atoms with Crippen molar-refractivity contribution in [3.63, 3.8) is 0 Å². The molecule has 1 aliphatic heterocycles. The molecule has 2 rings (SSSR count). The van der Waals surface area contributed by atoms with Gasteiger partial charge in [-0.1, -0.05) is 28.1 Å². The number of thioether (sulfide) groups is 1. The van der Waals surface area contributed by atoms with Gasteiger partial charge in [-0.25, -0.2) is 4.79 Å². The summed E-state index contributed by atoms with van der Waals surface area (Å²) in [5.41, 5.74) is 1.07. The number of rotatable bonds is 3. The van der Waals surface area contributed by atoms with Gasteiger partial charge < -0.3 is 10.4 Å². The van der Waals surface area contributed by atoms with Gasteiger partial charge in [0, 0.05) is 10.2 Å². The minimum atomic E-state index is -0.974. The van der Waals surface area contributed by atoms with Gasteiger partial charge in [0.15, 0.2) is 0 Å². The molecule has 0 unspecified atom stereocenters. The first-order valence-electron chi connectivity index (χ1n) is 5.45. The summed E-state index contributed by atoms with van der Waals surface area (Å²) in [5, 5.41) is 11.2. The first-order valence-corrected chi connectivity index (χ1v) is 7.29. The highest BCUT2D eigenvalue weighted by Gasteiger charge is 2.32. The Morgan fingerprint density at radius 1 is 1.44 bits per heavy atom. The lowest BCUT2D eigenvalue weighted by molar-refractivity contribution is -0.141. The van der Waals surface area contributed by atoms with Crippen molar-refractivity contribution >= 4 is 39.6 Å². The van der Waals surface area contributed by atoms with Gasteiger partial charge in [0.1, 0.15) is 6.04 Å². The van der Waals surface area contributed by atoms with Crippen LogP contribution in [0.5, 0.6) is 0 Å². The minimum absolute atomic E-state index is 0.193. The number of aliphatic carboxylic acids is 1. The van der Waals surface area contributed by atoms with Crippen LogP contribution in [0.3, 0.4) is 0 Å². The number of carboxylic acid groups (broad SMARTS) is 1. The third kappa shape index (κ3) is 3.26. The molecule has 0 spiro atoms. The second kappa shape index (κ2) is 5.75. The molecule has 1 aromatic carbocycles. The molecule has 2 atom stereocenters. The number of nitrogens with one attached hydrogen (secondary N) is 1. The molecule has 1 saturated heterocycles. The molecule has 0 bridgehead atoms. The zero-order valence-corrected chi connectivity index (χ0v) is 11.8. The van der Waals surface area contributed by atoms with E-state index < -0.39 is 12.0 Å². The predicted octanol–water partition coefficient (Wildman–Crippen LogP) is 1.68. The average Bonchev–Trinajstić information content (AvgIpc) is 2.34. The molecule has 2 N–H and O–H groups in total. The van der Waals surface area contributed by atoms with E-state index in [0.29, 0.717) is 12.2 Å². The van der Waals surface area contributed by atoms with Crippen LogP contribution >= 0.6 is 27.7 Å². The number of carboxylic acids is 1. The van der Waals surface area contributed by atoms with Crippen LogP contribution in [0, 0.1) is 0 Å². The van der Waals surface area contributed by atoms with Gasteiger partial charge in [0.2, 0.25) is 5.91 Å². The predicted molar refractivity (Wildman–Crippen MR) is 73.7 cm³/mol. The summed E-state index contributed by atoms with van der Waals surface area (Å²) < 4.78 is 0.998. The lowest BCUT2D eigenvalue weighted by atomic mass is 10.1. The lowest BCUT2D eigenvalue weighted by Gasteiger charge is -2.26. The third-order valence-corrected chi connectivity index (χ3v) is 4.54. The number of halogens is 1. The summed E-state index contributed by atoms with van der Waals surface area (Å²) in [5.74, 6) is -0.748. The lowest BCUT2D eigenvalue weighted by Crippen LogP contribution is -2.51. The fourth-order valence-electron chi connectivity index (χ4n) is 1.71. The Labute approximate surface area is 117 Å². The van der Waals surface area contributed by atoms with E-state index in [1.165, 1.54) is 11.8 Å². The van der Waals surface area contributed by atoms with Gasteiger partial charge in [-0.15, -0.1) is 11.8 Å². The molecule has 0 aromatic heterocycles. The number of amides is 1. The Balaban J connectivity index is 1.97. The smallest absolute Gasteiger partial charge is 0.327 e. The van der Waals surface area contributed by atoms with Crippen LogP contribution in [0.1, 0.15) is 5.56 Å². The fourth-order valence-corrected chi connectivity index (χ4v) is 3.16. The summed E-state index contributed by atoms with van der Waals surface area (Å²) in [6, 6.07) is 7.02. The molecule has 0 radical (unpaired) electrons. The quantitative estimate of drug-likeness (QED) is 0.885. The third-order valence-electron chi connectivity index (χ3n) is 2.71. The highest BCUT2D eigenvalue weighted by molar-refractivity contribution is 9.10. The summed E-state index contributed by atoms with van der Waals surface area (Å²) in [6.07, 6.45) is 0.621. The van der Waals surface area contributed by atoms with E-state index in [9.17, 15) is 9.59 Å². The van der Waals surface area contributed by atoms with Crippen molar-refractivity contribution in [1.29, 1.82) is 0 Å². The molecule has 1 aliphatic rings. The Morgan fingerprint density at radius 2 is 2.11 bits per heavy atom. The first kappa shape index (κ1) is 13.4. The maximum atomic E-state index is 11.8. The van der Waals surface area contributed by atoms with Crippen molar-refractivity contribution in [3.05, 3.63) is 34.3 Å². The van der Waals surface area contributed by atoms with E-state index in [-0.39, 0.29) is 11.2 Å². The Bertz CT molecular complexity index is 463. The zero-order valence-electron chi connectivity index (χ0n) is 9.43. The molecule has 0 aliphatic carbocycles. The SMILES string of the molecule is O=C(O)[C@H]1CS[C@H](Cc2ccc(Br)cc2)C(=O)N1. The van der Waals surface area contributed by atoms with Crippen LogP contribution < -0.4 is 5.32 Å². The molecule has 1 amide bonds. The molecule has 18 heavy (non-hydrogen) atoms. The maximum absolute atomic E-state index is 11.8. The van der Waals surface area contributed by atoms with Gasteiger partial charge in [-0.3, -0.25) is 4.79 Å². The van der Waals surface area contributed by atoms with E-state index in [2.05, 4.69) is 21.2 Å².